The molecule has 1 unspecified atom stereocenters. The number of carbonyl (C=O) groups is 1. The van der Waals surface area contributed by atoms with Gasteiger partial charge in [-0.1, -0.05) is 29.8 Å². The molecule has 4 nitrogen and oxygen atoms in total. The molecular weight excluding hydrogens is 379 g/mol. The number of halogens is 4. The van der Waals surface area contributed by atoms with E-state index in [1.807, 2.05) is 4.90 Å². The molecule has 2 aromatic rings. The molecule has 1 saturated heterocycles. The molecule has 0 spiro atoms. The zero-order valence-electron chi connectivity index (χ0n) is 14.1. The van der Waals surface area contributed by atoms with E-state index in [0.29, 0.717) is 23.7 Å². The van der Waals surface area contributed by atoms with Gasteiger partial charge in [0.05, 0.1) is 11.6 Å². The molecule has 0 aliphatic carbocycles. The lowest BCUT2D eigenvalue weighted by molar-refractivity contribution is 0.0600. The standard InChI is InChI=1S/C19H15ClF3N3O/c20-14-4-2-1-3-12(14)16(11-24)25-7-9-26(10-8-25)19(27)13-5-6-15(21)18(23)17(13)22/h1-6,16H,7-10H2. The van der Waals surface area contributed by atoms with Crippen LogP contribution in [0.1, 0.15) is 22.0 Å². The lowest BCUT2D eigenvalue weighted by atomic mass is 10.1. The van der Waals surface area contributed by atoms with Crippen molar-refractivity contribution in [1.29, 1.82) is 5.26 Å². The maximum absolute atomic E-state index is 13.9. The van der Waals surface area contributed by atoms with Crippen molar-refractivity contribution in [2.24, 2.45) is 0 Å². The molecule has 8 heteroatoms. The van der Waals surface area contributed by atoms with Gasteiger partial charge in [-0.2, -0.15) is 5.26 Å². The monoisotopic (exact) mass is 393 g/mol. The average Bonchev–Trinajstić information content (AvgIpc) is 2.68. The van der Waals surface area contributed by atoms with Crippen LogP contribution in [0.25, 0.3) is 0 Å². The first-order valence-electron chi connectivity index (χ1n) is 8.25. The summed E-state index contributed by atoms with van der Waals surface area (Å²) in [6, 6.07) is 10.3. The molecule has 0 aromatic heterocycles. The summed E-state index contributed by atoms with van der Waals surface area (Å²) in [5, 5.41) is 10.0. The Bertz CT molecular complexity index is 908. The first-order chi connectivity index (χ1) is 12.9. The zero-order chi connectivity index (χ0) is 19.6. The summed E-state index contributed by atoms with van der Waals surface area (Å²) >= 11 is 6.17. The number of benzene rings is 2. The summed E-state index contributed by atoms with van der Waals surface area (Å²) in [7, 11) is 0. The van der Waals surface area contributed by atoms with Crippen LogP contribution < -0.4 is 0 Å². The van der Waals surface area contributed by atoms with Crippen LogP contribution in [0.15, 0.2) is 36.4 Å². The van der Waals surface area contributed by atoms with Crippen molar-refractivity contribution in [1.82, 2.24) is 9.80 Å². The van der Waals surface area contributed by atoms with Gasteiger partial charge in [0.1, 0.15) is 6.04 Å². The number of amides is 1. The Morgan fingerprint density at radius 3 is 2.33 bits per heavy atom. The predicted octanol–water partition coefficient (Wildman–Crippen LogP) is 3.78. The topological polar surface area (TPSA) is 47.3 Å². The molecule has 1 amide bonds. The molecule has 0 bridgehead atoms. The van der Waals surface area contributed by atoms with E-state index >= 15 is 0 Å². The third kappa shape index (κ3) is 3.77. The number of hydrogen-bond acceptors (Lipinski definition) is 3. The van der Waals surface area contributed by atoms with Gasteiger partial charge in [0.15, 0.2) is 17.5 Å². The van der Waals surface area contributed by atoms with Gasteiger partial charge in [0.2, 0.25) is 0 Å². The van der Waals surface area contributed by atoms with Crippen LogP contribution in [-0.4, -0.2) is 41.9 Å². The summed E-state index contributed by atoms with van der Waals surface area (Å²) in [5.74, 6) is -5.21. The number of nitriles is 1. The Balaban J connectivity index is 1.72. The van der Waals surface area contributed by atoms with Crippen molar-refractivity contribution in [3.05, 3.63) is 70.0 Å². The number of rotatable bonds is 3. The fourth-order valence-corrected chi connectivity index (χ4v) is 3.33. The van der Waals surface area contributed by atoms with E-state index in [2.05, 4.69) is 6.07 Å². The van der Waals surface area contributed by atoms with E-state index in [1.165, 1.54) is 4.90 Å². The van der Waals surface area contributed by atoms with Crippen LogP contribution >= 0.6 is 11.6 Å². The number of nitrogens with zero attached hydrogens (tertiary/aromatic N) is 3. The molecule has 1 fully saturated rings. The molecule has 1 aliphatic rings. The Kier molecular flexibility index (Phi) is 5.68. The van der Waals surface area contributed by atoms with Gasteiger partial charge < -0.3 is 4.90 Å². The molecule has 3 rings (SSSR count). The molecule has 0 N–H and O–H groups in total. The van der Waals surface area contributed by atoms with E-state index in [0.717, 1.165) is 12.1 Å². The zero-order valence-corrected chi connectivity index (χ0v) is 14.9. The molecule has 0 radical (unpaired) electrons. The van der Waals surface area contributed by atoms with Gasteiger partial charge >= 0.3 is 0 Å². The second-order valence-electron chi connectivity index (χ2n) is 6.10. The SMILES string of the molecule is N#CC(c1ccccc1Cl)N1CCN(C(=O)c2ccc(F)c(F)c2F)CC1. The number of piperazine rings is 1. The van der Waals surface area contributed by atoms with Crippen molar-refractivity contribution < 1.29 is 18.0 Å². The van der Waals surface area contributed by atoms with E-state index in [4.69, 9.17) is 11.6 Å². The Labute approximate surface area is 159 Å². The van der Waals surface area contributed by atoms with Crippen LogP contribution in [0.5, 0.6) is 0 Å². The van der Waals surface area contributed by atoms with Crippen LogP contribution in [0.3, 0.4) is 0 Å². The predicted molar refractivity (Wildman–Crippen MR) is 93.6 cm³/mol. The molecule has 27 heavy (non-hydrogen) atoms. The van der Waals surface area contributed by atoms with Crippen molar-refractivity contribution in [2.45, 2.75) is 6.04 Å². The molecule has 1 heterocycles. The third-order valence-corrected chi connectivity index (χ3v) is 4.90. The Hall–Kier alpha value is -2.56. The molecule has 140 valence electrons. The van der Waals surface area contributed by atoms with Crippen LogP contribution in [0.2, 0.25) is 5.02 Å². The fourth-order valence-electron chi connectivity index (χ4n) is 3.09. The van der Waals surface area contributed by atoms with Crippen LogP contribution in [0.4, 0.5) is 13.2 Å². The second kappa shape index (κ2) is 7.99. The highest BCUT2D eigenvalue weighted by Gasteiger charge is 2.30. The number of hydrogen-bond donors (Lipinski definition) is 0. The Morgan fingerprint density at radius 2 is 1.70 bits per heavy atom. The molecule has 0 saturated carbocycles. The summed E-state index contributed by atoms with van der Waals surface area (Å²) in [5.41, 5.74) is 0.165. The van der Waals surface area contributed by atoms with Crippen molar-refractivity contribution in [3.63, 3.8) is 0 Å². The van der Waals surface area contributed by atoms with Gasteiger partial charge in [-0.15, -0.1) is 0 Å². The minimum absolute atomic E-state index is 0.222. The van der Waals surface area contributed by atoms with Gasteiger partial charge in [-0.25, -0.2) is 13.2 Å². The van der Waals surface area contributed by atoms with E-state index in [-0.39, 0.29) is 13.1 Å². The first-order valence-corrected chi connectivity index (χ1v) is 8.62. The van der Waals surface area contributed by atoms with Crippen LogP contribution in [0, 0.1) is 28.8 Å². The van der Waals surface area contributed by atoms with Gasteiger partial charge in [-0.05, 0) is 18.2 Å². The summed E-state index contributed by atoms with van der Waals surface area (Å²) < 4.78 is 40.3. The highest BCUT2D eigenvalue weighted by molar-refractivity contribution is 6.31. The van der Waals surface area contributed by atoms with Gasteiger partial charge in [-0.3, -0.25) is 9.69 Å². The normalized spacial score (nSPS) is 16.0. The molecule has 2 aromatic carbocycles. The summed E-state index contributed by atoms with van der Waals surface area (Å²) in [4.78, 5) is 15.7. The van der Waals surface area contributed by atoms with Crippen molar-refractivity contribution >= 4 is 17.5 Å². The molecule has 1 aliphatic heterocycles. The van der Waals surface area contributed by atoms with E-state index in [1.54, 1.807) is 24.3 Å². The Morgan fingerprint density at radius 1 is 1.04 bits per heavy atom. The summed E-state index contributed by atoms with van der Waals surface area (Å²) in [6.45, 7) is 1.17. The van der Waals surface area contributed by atoms with Crippen molar-refractivity contribution in [3.8, 4) is 6.07 Å². The average molecular weight is 394 g/mol. The summed E-state index contributed by atoms with van der Waals surface area (Å²) in [6.07, 6.45) is 0. The largest absolute Gasteiger partial charge is 0.336 e. The minimum Gasteiger partial charge on any atom is -0.336 e. The smallest absolute Gasteiger partial charge is 0.257 e. The highest BCUT2D eigenvalue weighted by Crippen LogP contribution is 2.28. The lowest BCUT2D eigenvalue weighted by Gasteiger charge is -2.37. The fraction of sp³-hybridized carbons (Fsp3) is 0.263. The highest BCUT2D eigenvalue weighted by atomic mass is 35.5. The molecule has 1 atom stereocenters. The minimum atomic E-state index is -1.66. The quantitative estimate of drug-likeness (QED) is 0.746. The molecular formula is C19H15ClF3N3O. The van der Waals surface area contributed by atoms with E-state index < -0.39 is 35.0 Å². The second-order valence-corrected chi connectivity index (χ2v) is 6.51. The number of carbonyl (C=O) groups excluding carboxylic acids is 1. The van der Waals surface area contributed by atoms with Gasteiger partial charge in [0.25, 0.3) is 5.91 Å². The van der Waals surface area contributed by atoms with Crippen LogP contribution in [-0.2, 0) is 0 Å². The first kappa shape index (κ1) is 19.2. The maximum Gasteiger partial charge on any atom is 0.257 e. The third-order valence-electron chi connectivity index (χ3n) is 4.55. The van der Waals surface area contributed by atoms with Gasteiger partial charge in [0, 0.05) is 36.8 Å². The van der Waals surface area contributed by atoms with E-state index in [9.17, 15) is 23.2 Å². The lowest BCUT2D eigenvalue weighted by Crippen LogP contribution is -2.49. The van der Waals surface area contributed by atoms with Crippen molar-refractivity contribution in [2.75, 3.05) is 26.2 Å². The maximum atomic E-state index is 13.9.